The molecule has 0 aromatic heterocycles. The molecule has 1 atom stereocenters. The summed E-state index contributed by atoms with van der Waals surface area (Å²) >= 11 is 0. The van der Waals surface area contributed by atoms with E-state index in [4.69, 9.17) is 4.74 Å². The number of likely N-dealkylation sites (tertiary alicyclic amines) is 1. The minimum atomic E-state index is -0.357. The fourth-order valence-corrected chi connectivity index (χ4v) is 6.55. The summed E-state index contributed by atoms with van der Waals surface area (Å²) in [7, 11) is 1.67. The highest BCUT2D eigenvalue weighted by molar-refractivity contribution is 5.89. The van der Waals surface area contributed by atoms with Crippen LogP contribution in [-0.4, -0.2) is 43.5 Å². The Balaban J connectivity index is 1.14. The Morgan fingerprint density at radius 3 is 2.43 bits per heavy atom. The van der Waals surface area contributed by atoms with Gasteiger partial charge in [0.1, 0.15) is 5.75 Å². The van der Waals surface area contributed by atoms with Crippen LogP contribution in [0.3, 0.4) is 0 Å². The van der Waals surface area contributed by atoms with E-state index in [9.17, 15) is 9.59 Å². The summed E-state index contributed by atoms with van der Waals surface area (Å²) in [5, 5.41) is 3.16. The van der Waals surface area contributed by atoms with E-state index in [0.29, 0.717) is 12.5 Å². The Morgan fingerprint density at radius 2 is 1.71 bits per heavy atom. The highest BCUT2D eigenvalue weighted by Crippen LogP contribution is 2.59. The quantitative estimate of drug-likeness (QED) is 0.622. The van der Waals surface area contributed by atoms with Crippen molar-refractivity contribution in [2.75, 3.05) is 26.7 Å². The molecule has 1 aliphatic heterocycles. The van der Waals surface area contributed by atoms with Crippen molar-refractivity contribution < 1.29 is 14.3 Å². The number of nitrogens with one attached hydrogen (secondary N) is 1. The maximum absolute atomic E-state index is 13.9. The van der Waals surface area contributed by atoms with Crippen LogP contribution in [0.1, 0.15) is 62.5 Å². The van der Waals surface area contributed by atoms with Gasteiger partial charge < -0.3 is 15.0 Å². The Morgan fingerprint density at radius 1 is 0.971 bits per heavy atom. The van der Waals surface area contributed by atoms with Crippen molar-refractivity contribution in [3.63, 3.8) is 0 Å². The topological polar surface area (TPSA) is 58.6 Å². The third-order valence-electron chi connectivity index (χ3n) is 8.84. The molecule has 0 radical (unpaired) electrons. The zero-order chi connectivity index (χ0) is 24.3. The maximum atomic E-state index is 13.9. The molecule has 3 aliphatic rings. The molecule has 1 unspecified atom stereocenters. The number of amides is 2. The second-order valence-electron chi connectivity index (χ2n) is 10.8. The SMILES string of the molecule is COc1cccc(CCNC(=O)C2CC23CCN(C(=O)C2(c4ccccc4)CCCCC2)CC3)c1. The second kappa shape index (κ2) is 10.0. The van der Waals surface area contributed by atoms with E-state index in [1.54, 1.807) is 7.11 Å². The molecule has 1 spiro atoms. The molecule has 1 saturated heterocycles. The average Bonchev–Trinajstić information content (AvgIpc) is 3.62. The van der Waals surface area contributed by atoms with Gasteiger partial charge in [0.25, 0.3) is 0 Å². The van der Waals surface area contributed by atoms with Gasteiger partial charge in [-0.3, -0.25) is 9.59 Å². The van der Waals surface area contributed by atoms with Crippen LogP contribution in [0.5, 0.6) is 5.75 Å². The van der Waals surface area contributed by atoms with Crippen molar-refractivity contribution in [3.05, 3.63) is 65.7 Å². The van der Waals surface area contributed by atoms with Gasteiger partial charge >= 0.3 is 0 Å². The molecule has 0 bridgehead atoms. The minimum absolute atomic E-state index is 0.0998. The lowest BCUT2D eigenvalue weighted by molar-refractivity contribution is -0.140. The highest BCUT2D eigenvalue weighted by atomic mass is 16.5. The van der Waals surface area contributed by atoms with Crippen molar-refractivity contribution in [1.29, 1.82) is 0 Å². The van der Waals surface area contributed by atoms with E-state index >= 15 is 0 Å². The van der Waals surface area contributed by atoms with Crippen LogP contribution in [-0.2, 0) is 21.4 Å². The smallest absolute Gasteiger partial charge is 0.233 e. The van der Waals surface area contributed by atoms with Gasteiger partial charge in [0.15, 0.2) is 0 Å². The number of carbonyl (C=O) groups excluding carboxylic acids is 2. The summed E-state index contributed by atoms with van der Waals surface area (Å²) in [6.07, 6.45) is 9.02. The monoisotopic (exact) mass is 474 g/mol. The molecule has 1 N–H and O–H groups in total. The number of methoxy groups -OCH3 is 1. The Bertz CT molecular complexity index is 1040. The van der Waals surface area contributed by atoms with Gasteiger partial charge in [-0.15, -0.1) is 0 Å². The second-order valence-corrected chi connectivity index (χ2v) is 10.8. The summed E-state index contributed by atoms with van der Waals surface area (Å²) in [6.45, 7) is 2.20. The number of hydrogen-bond donors (Lipinski definition) is 1. The van der Waals surface area contributed by atoms with Crippen LogP contribution in [0.25, 0.3) is 0 Å². The van der Waals surface area contributed by atoms with Crippen LogP contribution in [0.15, 0.2) is 54.6 Å². The summed E-state index contributed by atoms with van der Waals surface area (Å²) in [5.41, 5.74) is 2.09. The third kappa shape index (κ3) is 4.82. The molecular formula is C30H38N2O3. The van der Waals surface area contributed by atoms with Crippen molar-refractivity contribution in [2.45, 2.75) is 63.2 Å². The molecular weight excluding hydrogens is 436 g/mol. The fourth-order valence-electron chi connectivity index (χ4n) is 6.55. The summed E-state index contributed by atoms with van der Waals surface area (Å²) < 4.78 is 5.29. The first-order valence-corrected chi connectivity index (χ1v) is 13.3. The van der Waals surface area contributed by atoms with Crippen molar-refractivity contribution >= 4 is 11.8 Å². The molecule has 2 aromatic rings. The van der Waals surface area contributed by atoms with Crippen molar-refractivity contribution in [2.24, 2.45) is 11.3 Å². The molecule has 2 aromatic carbocycles. The lowest BCUT2D eigenvalue weighted by atomic mass is 9.68. The van der Waals surface area contributed by atoms with Gasteiger partial charge in [-0.25, -0.2) is 0 Å². The van der Waals surface area contributed by atoms with Crippen LogP contribution < -0.4 is 10.1 Å². The van der Waals surface area contributed by atoms with E-state index in [2.05, 4.69) is 40.5 Å². The first-order valence-electron chi connectivity index (χ1n) is 13.3. The number of nitrogens with zero attached hydrogens (tertiary/aromatic N) is 1. The lowest BCUT2D eigenvalue weighted by Gasteiger charge is -2.43. The molecule has 5 heteroatoms. The third-order valence-corrected chi connectivity index (χ3v) is 8.84. The maximum Gasteiger partial charge on any atom is 0.233 e. The van der Waals surface area contributed by atoms with Gasteiger partial charge in [0, 0.05) is 25.6 Å². The summed E-state index contributed by atoms with van der Waals surface area (Å²) in [4.78, 5) is 28.9. The van der Waals surface area contributed by atoms with Gasteiger partial charge in [-0.2, -0.15) is 0 Å². The zero-order valence-electron chi connectivity index (χ0n) is 20.9. The number of ether oxygens (including phenoxy) is 1. The molecule has 186 valence electrons. The van der Waals surface area contributed by atoms with E-state index in [1.165, 1.54) is 12.0 Å². The van der Waals surface area contributed by atoms with Gasteiger partial charge in [0.2, 0.25) is 11.8 Å². The Hall–Kier alpha value is -2.82. The van der Waals surface area contributed by atoms with E-state index in [1.807, 2.05) is 24.3 Å². The van der Waals surface area contributed by atoms with Gasteiger partial charge in [-0.1, -0.05) is 61.7 Å². The number of rotatable bonds is 7. The molecule has 2 saturated carbocycles. The zero-order valence-corrected chi connectivity index (χ0v) is 20.9. The number of carbonyl (C=O) groups is 2. The number of benzene rings is 2. The van der Waals surface area contributed by atoms with Gasteiger partial charge in [-0.05, 0) is 67.2 Å². The van der Waals surface area contributed by atoms with Crippen molar-refractivity contribution in [1.82, 2.24) is 10.2 Å². The van der Waals surface area contributed by atoms with Gasteiger partial charge in [0.05, 0.1) is 12.5 Å². The molecule has 1 heterocycles. The lowest BCUT2D eigenvalue weighted by Crippen LogP contribution is -2.51. The molecule has 35 heavy (non-hydrogen) atoms. The number of hydrogen-bond acceptors (Lipinski definition) is 3. The van der Waals surface area contributed by atoms with E-state index in [0.717, 1.165) is 75.8 Å². The minimum Gasteiger partial charge on any atom is -0.497 e. The molecule has 2 amide bonds. The normalized spacial score (nSPS) is 22.4. The molecule has 2 aliphatic carbocycles. The first kappa shape index (κ1) is 23.9. The Labute approximate surface area is 209 Å². The van der Waals surface area contributed by atoms with E-state index in [-0.39, 0.29) is 22.7 Å². The highest BCUT2D eigenvalue weighted by Gasteiger charge is 2.59. The van der Waals surface area contributed by atoms with Crippen LogP contribution in [0, 0.1) is 11.3 Å². The number of piperidine rings is 1. The molecule has 5 rings (SSSR count). The average molecular weight is 475 g/mol. The molecule has 3 fully saturated rings. The molecule has 5 nitrogen and oxygen atoms in total. The van der Waals surface area contributed by atoms with Crippen LogP contribution in [0.2, 0.25) is 0 Å². The Kier molecular flexibility index (Phi) is 6.86. The predicted molar refractivity (Wildman–Crippen MR) is 137 cm³/mol. The summed E-state index contributed by atoms with van der Waals surface area (Å²) in [6, 6.07) is 18.4. The fraction of sp³-hybridized carbons (Fsp3) is 0.533. The van der Waals surface area contributed by atoms with Crippen LogP contribution in [0.4, 0.5) is 0 Å². The standard InChI is InChI=1S/C30H38N2O3/c1-35-25-12-8-9-23(21-25)13-18-31-27(33)26-22-29(26)16-19-32(20-17-29)28(34)30(14-6-3-7-15-30)24-10-4-2-5-11-24/h2,4-5,8-12,21,26H,3,6-7,13-20,22H2,1H3,(H,31,33). The largest absolute Gasteiger partial charge is 0.497 e. The summed E-state index contributed by atoms with van der Waals surface area (Å²) in [5.74, 6) is 1.44. The van der Waals surface area contributed by atoms with Crippen molar-refractivity contribution in [3.8, 4) is 5.75 Å². The van der Waals surface area contributed by atoms with Crippen LogP contribution >= 0.6 is 0 Å². The van der Waals surface area contributed by atoms with E-state index < -0.39 is 0 Å². The predicted octanol–water partition coefficient (Wildman–Crippen LogP) is 4.88. The first-order chi connectivity index (χ1) is 17.1.